The van der Waals surface area contributed by atoms with Crippen LogP contribution in [-0.4, -0.2) is 43.0 Å². The molecule has 110 valence electrons. The Balaban J connectivity index is 2.58. The lowest BCUT2D eigenvalue weighted by molar-refractivity contribution is -0.122. The maximum Gasteiger partial charge on any atom is 0.260 e. The number of hydrogen-bond donors (Lipinski definition) is 1. The molecule has 4 heteroatoms. The summed E-state index contributed by atoms with van der Waals surface area (Å²) >= 11 is 0. The molecule has 0 saturated carbocycles. The van der Waals surface area contributed by atoms with Crippen LogP contribution in [0.25, 0.3) is 0 Å². The van der Waals surface area contributed by atoms with Crippen LogP contribution in [0, 0.1) is 0 Å². The Kier molecular flexibility index (Phi) is 6.98. The van der Waals surface area contributed by atoms with E-state index in [0.29, 0.717) is 12.1 Å². The van der Waals surface area contributed by atoms with Gasteiger partial charge < -0.3 is 4.90 Å². The van der Waals surface area contributed by atoms with Crippen molar-refractivity contribution in [2.75, 3.05) is 27.2 Å². The molecule has 0 aromatic heterocycles. The van der Waals surface area contributed by atoms with Crippen molar-refractivity contribution in [1.29, 1.82) is 0 Å². The number of carbonyl (C=O) groups is 1. The fourth-order valence-electron chi connectivity index (χ4n) is 1.80. The lowest BCUT2D eigenvalue weighted by Gasteiger charge is -2.24. The third kappa shape index (κ3) is 6.50. The van der Waals surface area contributed by atoms with Crippen LogP contribution in [0.15, 0.2) is 42.5 Å². The molecule has 0 spiro atoms. The first-order valence-corrected chi connectivity index (χ1v) is 6.89. The molecule has 1 amide bonds. The smallest absolute Gasteiger partial charge is 0.260 e. The van der Waals surface area contributed by atoms with Crippen LogP contribution in [0.3, 0.4) is 0 Å². The van der Waals surface area contributed by atoms with Crippen molar-refractivity contribution in [3.05, 3.63) is 48.0 Å². The highest BCUT2D eigenvalue weighted by molar-refractivity contribution is 5.91. The standard InChI is InChI=1S/C16H25N3O/c1-14(2)16(20)17-19(12-8-11-18(3)4)13-15-9-6-5-7-10-15/h5-7,9-10H,1,8,11-13H2,2-4H3,(H,17,20). The van der Waals surface area contributed by atoms with Gasteiger partial charge in [0, 0.05) is 18.7 Å². The Bertz CT molecular complexity index is 429. The van der Waals surface area contributed by atoms with Gasteiger partial charge in [-0.05, 0) is 39.5 Å². The fourth-order valence-corrected chi connectivity index (χ4v) is 1.80. The molecule has 0 bridgehead atoms. The summed E-state index contributed by atoms with van der Waals surface area (Å²) in [6, 6.07) is 10.1. The maximum absolute atomic E-state index is 11.8. The van der Waals surface area contributed by atoms with Gasteiger partial charge in [-0.15, -0.1) is 0 Å². The van der Waals surface area contributed by atoms with Gasteiger partial charge in [0.05, 0.1) is 0 Å². The minimum Gasteiger partial charge on any atom is -0.309 e. The van der Waals surface area contributed by atoms with Gasteiger partial charge in [0.25, 0.3) is 5.91 Å². The van der Waals surface area contributed by atoms with E-state index in [1.807, 2.05) is 37.3 Å². The lowest BCUT2D eigenvalue weighted by Crippen LogP contribution is -2.43. The zero-order valence-corrected chi connectivity index (χ0v) is 12.7. The zero-order chi connectivity index (χ0) is 15.0. The molecular formula is C16H25N3O. The van der Waals surface area contributed by atoms with E-state index in [-0.39, 0.29) is 5.91 Å². The van der Waals surface area contributed by atoms with Gasteiger partial charge in [0.2, 0.25) is 0 Å². The van der Waals surface area contributed by atoms with E-state index in [4.69, 9.17) is 0 Å². The molecular weight excluding hydrogens is 250 g/mol. The van der Waals surface area contributed by atoms with Gasteiger partial charge in [0.1, 0.15) is 0 Å². The first-order valence-electron chi connectivity index (χ1n) is 6.89. The Labute approximate surface area is 122 Å². The number of amides is 1. The van der Waals surface area contributed by atoms with E-state index < -0.39 is 0 Å². The van der Waals surface area contributed by atoms with Gasteiger partial charge in [-0.1, -0.05) is 36.9 Å². The molecule has 0 saturated heterocycles. The molecule has 4 nitrogen and oxygen atoms in total. The third-order valence-corrected chi connectivity index (χ3v) is 2.90. The van der Waals surface area contributed by atoms with Gasteiger partial charge >= 0.3 is 0 Å². The van der Waals surface area contributed by atoms with Crippen molar-refractivity contribution in [2.24, 2.45) is 0 Å². The third-order valence-electron chi connectivity index (χ3n) is 2.90. The first kappa shape index (κ1) is 16.4. The van der Waals surface area contributed by atoms with E-state index >= 15 is 0 Å². The monoisotopic (exact) mass is 275 g/mol. The van der Waals surface area contributed by atoms with Crippen LogP contribution < -0.4 is 5.43 Å². The second-order valence-electron chi connectivity index (χ2n) is 5.29. The van der Waals surface area contributed by atoms with E-state index in [2.05, 4.69) is 29.0 Å². The average molecular weight is 275 g/mol. The second kappa shape index (κ2) is 8.51. The Morgan fingerprint density at radius 1 is 1.20 bits per heavy atom. The molecule has 0 unspecified atom stereocenters. The fraction of sp³-hybridized carbons (Fsp3) is 0.438. The Hall–Kier alpha value is -1.65. The Morgan fingerprint density at radius 3 is 2.40 bits per heavy atom. The summed E-state index contributed by atoms with van der Waals surface area (Å²) in [6.07, 6.45) is 0.996. The molecule has 0 aliphatic heterocycles. The summed E-state index contributed by atoms with van der Waals surface area (Å²) in [7, 11) is 4.10. The van der Waals surface area contributed by atoms with Crippen molar-refractivity contribution >= 4 is 5.91 Å². The predicted molar refractivity (Wildman–Crippen MR) is 83.0 cm³/mol. The molecule has 1 aromatic rings. The predicted octanol–water partition coefficient (Wildman–Crippen LogP) is 2.05. The van der Waals surface area contributed by atoms with E-state index in [1.54, 1.807) is 6.92 Å². The minimum atomic E-state index is -0.120. The Morgan fingerprint density at radius 2 is 1.85 bits per heavy atom. The van der Waals surface area contributed by atoms with Gasteiger partial charge in [-0.3, -0.25) is 10.2 Å². The van der Waals surface area contributed by atoms with Gasteiger partial charge in [-0.25, -0.2) is 5.01 Å². The van der Waals surface area contributed by atoms with Crippen molar-refractivity contribution in [3.8, 4) is 0 Å². The maximum atomic E-state index is 11.8. The van der Waals surface area contributed by atoms with Crippen LogP contribution in [0.1, 0.15) is 18.9 Å². The van der Waals surface area contributed by atoms with Gasteiger partial charge in [-0.2, -0.15) is 0 Å². The SMILES string of the molecule is C=C(C)C(=O)NN(CCCN(C)C)Cc1ccccc1. The summed E-state index contributed by atoms with van der Waals surface area (Å²) < 4.78 is 0. The lowest BCUT2D eigenvalue weighted by atomic mass is 10.2. The molecule has 1 rings (SSSR count). The highest BCUT2D eigenvalue weighted by Crippen LogP contribution is 2.04. The number of carbonyl (C=O) groups excluding carboxylic acids is 1. The van der Waals surface area contributed by atoms with E-state index in [0.717, 1.165) is 19.5 Å². The molecule has 20 heavy (non-hydrogen) atoms. The molecule has 1 N–H and O–H groups in total. The molecule has 0 radical (unpaired) electrons. The molecule has 0 heterocycles. The van der Waals surface area contributed by atoms with Crippen molar-refractivity contribution < 1.29 is 4.79 Å². The van der Waals surface area contributed by atoms with Crippen LogP contribution in [0.5, 0.6) is 0 Å². The molecule has 0 atom stereocenters. The normalized spacial score (nSPS) is 10.8. The van der Waals surface area contributed by atoms with Crippen LogP contribution >= 0.6 is 0 Å². The van der Waals surface area contributed by atoms with Crippen LogP contribution in [0.2, 0.25) is 0 Å². The minimum absolute atomic E-state index is 0.120. The number of nitrogens with zero attached hydrogens (tertiary/aromatic N) is 2. The van der Waals surface area contributed by atoms with E-state index in [9.17, 15) is 4.79 Å². The highest BCUT2D eigenvalue weighted by Gasteiger charge is 2.10. The molecule has 1 aromatic carbocycles. The van der Waals surface area contributed by atoms with Crippen molar-refractivity contribution in [2.45, 2.75) is 19.9 Å². The molecule has 0 aliphatic rings. The zero-order valence-electron chi connectivity index (χ0n) is 12.7. The number of benzene rings is 1. The summed E-state index contributed by atoms with van der Waals surface area (Å²) in [5, 5.41) is 1.95. The highest BCUT2D eigenvalue weighted by atomic mass is 16.2. The number of nitrogens with one attached hydrogen (secondary N) is 1. The summed E-state index contributed by atoms with van der Waals surface area (Å²) in [6.45, 7) is 7.90. The van der Waals surface area contributed by atoms with Crippen LogP contribution in [0.4, 0.5) is 0 Å². The number of hydrogen-bond acceptors (Lipinski definition) is 3. The van der Waals surface area contributed by atoms with E-state index in [1.165, 1.54) is 5.56 Å². The quantitative estimate of drug-likeness (QED) is 0.582. The molecule has 0 fully saturated rings. The number of rotatable bonds is 8. The summed E-state index contributed by atoms with van der Waals surface area (Å²) in [5.74, 6) is -0.120. The molecule has 0 aliphatic carbocycles. The summed E-state index contributed by atoms with van der Waals surface area (Å²) in [5.41, 5.74) is 4.62. The number of hydrazine groups is 1. The summed E-state index contributed by atoms with van der Waals surface area (Å²) in [4.78, 5) is 13.9. The van der Waals surface area contributed by atoms with Gasteiger partial charge in [0.15, 0.2) is 0 Å². The first-order chi connectivity index (χ1) is 9.49. The largest absolute Gasteiger partial charge is 0.309 e. The van der Waals surface area contributed by atoms with Crippen molar-refractivity contribution in [3.63, 3.8) is 0 Å². The average Bonchev–Trinajstić information content (AvgIpc) is 2.39. The topological polar surface area (TPSA) is 35.6 Å². The van der Waals surface area contributed by atoms with Crippen molar-refractivity contribution in [1.82, 2.24) is 15.3 Å². The van der Waals surface area contributed by atoms with Crippen LogP contribution in [-0.2, 0) is 11.3 Å². The second-order valence-corrected chi connectivity index (χ2v) is 5.29.